The van der Waals surface area contributed by atoms with Crippen LogP contribution in [0.5, 0.6) is 11.5 Å². The van der Waals surface area contributed by atoms with Crippen LogP contribution in [0.15, 0.2) is 40.7 Å². The van der Waals surface area contributed by atoms with Crippen molar-refractivity contribution in [3.8, 4) is 11.5 Å². The highest BCUT2D eigenvalue weighted by atomic mass is 127. The van der Waals surface area contributed by atoms with Gasteiger partial charge < -0.3 is 24.7 Å². The smallest absolute Gasteiger partial charge is 0.192 e. The first-order valence-corrected chi connectivity index (χ1v) is 10.5. The van der Waals surface area contributed by atoms with Crippen molar-refractivity contribution < 1.29 is 9.47 Å². The number of aliphatic imine (C=N–C) groups is 1. The zero-order valence-corrected chi connectivity index (χ0v) is 21.5. The van der Waals surface area contributed by atoms with Crippen molar-refractivity contribution in [3.63, 3.8) is 0 Å². The number of halogens is 1. The second-order valence-corrected chi connectivity index (χ2v) is 7.83. The van der Waals surface area contributed by atoms with Crippen LogP contribution in [0.4, 0.5) is 0 Å². The minimum atomic E-state index is -0.0640. The maximum atomic E-state index is 5.54. The summed E-state index contributed by atoms with van der Waals surface area (Å²) < 4.78 is 12.9. The van der Waals surface area contributed by atoms with Gasteiger partial charge in [0.25, 0.3) is 0 Å². The Morgan fingerprint density at radius 3 is 2.65 bits per heavy atom. The number of nitrogens with zero attached hydrogens (tertiary/aromatic N) is 4. The van der Waals surface area contributed by atoms with E-state index in [1.807, 2.05) is 42.8 Å². The fraction of sp³-hybridized carbons (Fsp3) is 0.381. The Balaban J connectivity index is 0.00000341. The summed E-state index contributed by atoms with van der Waals surface area (Å²) >= 11 is 1.70. The molecule has 1 atom stereocenters. The molecule has 0 fully saturated rings. The zero-order chi connectivity index (χ0) is 21.5. The first kappa shape index (κ1) is 24.9. The van der Waals surface area contributed by atoms with Crippen LogP contribution in [0.25, 0.3) is 0 Å². The Bertz CT molecular complexity index is 990. The van der Waals surface area contributed by atoms with Crippen molar-refractivity contribution in [2.45, 2.75) is 33.0 Å². The molecule has 0 amide bonds. The lowest BCUT2D eigenvalue weighted by atomic mass is 10.1. The number of guanidine groups is 1. The number of methoxy groups -OCH3 is 2. The van der Waals surface area contributed by atoms with Crippen LogP contribution in [0.2, 0.25) is 0 Å². The molecule has 8 nitrogen and oxygen atoms in total. The lowest BCUT2D eigenvalue weighted by Crippen LogP contribution is -2.38. The van der Waals surface area contributed by atoms with Crippen LogP contribution >= 0.6 is 35.3 Å². The number of benzene rings is 1. The molecule has 0 aliphatic rings. The molecule has 0 bridgehead atoms. The second-order valence-electron chi connectivity index (χ2n) is 6.79. The summed E-state index contributed by atoms with van der Waals surface area (Å²) in [5.41, 5.74) is 0.983. The average Bonchev–Trinajstić information content (AvgIpc) is 3.40. The van der Waals surface area contributed by atoms with E-state index in [0.717, 1.165) is 28.7 Å². The molecule has 168 valence electrons. The molecule has 0 saturated heterocycles. The number of rotatable bonds is 8. The molecule has 3 aromatic rings. The Kier molecular flexibility index (Phi) is 9.56. The van der Waals surface area contributed by atoms with Gasteiger partial charge in [-0.1, -0.05) is 6.07 Å². The molecule has 0 aliphatic carbocycles. The Morgan fingerprint density at radius 1 is 1.23 bits per heavy atom. The van der Waals surface area contributed by atoms with Gasteiger partial charge in [-0.15, -0.1) is 45.5 Å². The van der Waals surface area contributed by atoms with E-state index in [0.29, 0.717) is 19.0 Å². The van der Waals surface area contributed by atoms with E-state index in [-0.39, 0.29) is 30.0 Å². The summed E-state index contributed by atoms with van der Waals surface area (Å²) in [6.07, 6.45) is 0. The molecule has 0 saturated carbocycles. The summed E-state index contributed by atoms with van der Waals surface area (Å²) in [6, 6.07) is 9.83. The quantitative estimate of drug-likeness (QED) is 0.250. The van der Waals surface area contributed by atoms with Gasteiger partial charge in [0.15, 0.2) is 11.8 Å². The van der Waals surface area contributed by atoms with Crippen molar-refractivity contribution in [3.05, 3.63) is 57.8 Å². The molecule has 2 heterocycles. The number of aryl methyl sites for hydroxylation is 1. The van der Waals surface area contributed by atoms with Gasteiger partial charge in [0.1, 0.15) is 23.9 Å². The van der Waals surface area contributed by atoms with Gasteiger partial charge in [-0.25, -0.2) is 4.99 Å². The first-order valence-electron chi connectivity index (χ1n) is 9.65. The highest BCUT2D eigenvalue weighted by molar-refractivity contribution is 14.0. The van der Waals surface area contributed by atoms with Crippen LogP contribution < -0.4 is 20.1 Å². The van der Waals surface area contributed by atoms with Gasteiger partial charge in [0, 0.05) is 17.5 Å². The maximum absolute atomic E-state index is 5.54. The van der Waals surface area contributed by atoms with Crippen molar-refractivity contribution >= 4 is 41.3 Å². The topological polar surface area (TPSA) is 85.6 Å². The van der Waals surface area contributed by atoms with Gasteiger partial charge in [0.2, 0.25) is 0 Å². The SMILES string of the molecule is COc1ccc(OC)c(C(C)NC(=NCc2nnc(C)n2C)NCc2cccs2)c1.I. The van der Waals surface area contributed by atoms with Gasteiger partial charge in [-0.05, 0) is 43.5 Å². The summed E-state index contributed by atoms with van der Waals surface area (Å²) in [5.74, 6) is 3.91. The molecule has 3 rings (SSSR count). The number of hydrogen-bond acceptors (Lipinski definition) is 6. The van der Waals surface area contributed by atoms with Crippen LogP contribution in [-0.4, -0.2) is 34.9 Å². The van der Waals surface area contributed by atoms with E-state index in [1.165, 1.54) is 4.88 Å². The molecule has 0 spiro atoms. The Hall–Kier alpha value is -2.34. The molecule has 31 heavy (non-hydrogen) atoms. The van der Waals surface area contributed by atoms with Gasteiger partial charge in [-0.3, -0.25) is 0 Å². The van der Waals surface area contributed by atoms with Crippen LogP contribution in [-0.2, 0) is 20.1 Å². The minimum absolute atomic E-state index is 0. The molecule has 2 N–H and O–H groups in total. The van der Waals surface area contributed by atoms with Gasteiger partial charge >= 0.3 is 0 Å². The summed E-state index contributed by atoms with van der Waals surface area (Å²) in [7, 11) is 5.26. The Labute approximate surface area is 204 Å². The predicted octanol–water partition coefficient (Wildman–Crippen LogP) is 3.82. The van der Waals surface area contributed by atoms with Crippen LogP contribution in [0.1, 0.15) is 35.1 Å². The third-order valence-corrected chi connectivity index (χ3v) is 5.70. The third kappa shape index (κ3) is 6.57. The van der Waals surface area contributed by atoms with E-state index < -0.39 is 0 Å². The summed E-state index contributed by atoms with van der Waals surface area (Å²) in [6.45, 7) is 5.08. The molecule has 0 radical (unpaired) electrons. The van der Waals surface area contributed by atoms with E-state index in [9.17, 15) is 0 Å². The van der Waals surface area contributed by atoms with Crippen LogP contribution in [0.3, 0.4) is 0 Å². The standard InChI is InChI=1S/C21H28N6O2S.HI/c1-14(18-11-16(28-4)8-9-19(18)29-5)24-21(22-12-17-7-6-10-30-17)23-13-20-26-25-15(2)27(20)3;/h6-11,14H,12-13H2,1-5H3,(H2,22,23,24);1H. The largest absolute Gasteiger partial charge is 0.497 e. The van der Waals surface area contributed by atoms with E-state index in [4.69, 9.17) is 14.5 Å². The maximum Gasteiger partial charge on any atom is 0.192 e. The number of thiophene rings is 1. The molecule has 2 aromatic heterocycles. The van der Waals surface area contributed by atoms with E-state index in [1.54, 1.807) is 25.6 Å². The van der Waals surface area contributed by atoms with Crippen molar-refractivity contribution in [1.82, 2.24) is 25.4 Å². The third-order valence-electron chi connectivity index (χ3n) is 4.83. The fourth-order valence-electron chi connectivity index (χ4n) is 2.94. The highest BCUT2D eigenvalue weighted by Crippen LogP contribution is 2.29. The van der Waals surface area contributed by atoms with Crippen molar-refractivity contribution in [1.29, 1.82) is 0 Å². The molecular weight excluding hydrogens is 527 g/mol. The predicted molar refractivity (Wildman–Crippen MR) is 135 cm³/mol. The minimum Gasteiger partial charge on any atom is -0.497 e. The first-order chi connectivity index (χ1) is 14.5. The van der Waals surface area contributed by atoms with E-state index in [2.05, 4.69) is 39.2 Å². The number of ether oxygens (including phenoxy) is 2. The summed E-state index contributed by atoms with van der Waals surface area (Å²) in [4.78, 5) is 5.96. The molecule has 0 aliphatic heterocycles. The van der Waals surface area contributed by atoms with Gasteiger partial charge in [-0.2, -0.15) is 0 Å². The molecular formula is C21H29IN6O2S. The highest BCUT2D eigenvalue weighted by Gasteiger charge is 2.15. The molecule has 10 heteroatoms. The lowest BCUT2D eigenvalue weighted by molar-refractivity contribution is 0.394. The summed E-state index contributed by atoms with van der Waals surface area (Å²) in [5, 5.41) is 17.2. The van der Waals surface area contributed by atoms with Crippen LogP contribution in [0, 0.1) is 6.92 Å². The monoisotopic (exact) mass is 556 g/mol. The van der Waals surface area contributed by atoms with Gasteiger partial charge in [0.05, 0.1) is 26.8 Å². The zero-order valence-electron chi connectivity index (χ0n) is 18.4. The van der Waals surface area contributed by atoms with E-state index >= 15 is 0 Å². The second kappa shape index (κ2) is 11.9. The number of nitrogens with one attached hydrogen (secondary N) is 2. The number of hydrogen-bond donors (Lipinski definition) is 2. The normalized spacial score (nSPS) is 12.1. The lowest BCUT2D eigenvalue weighted by Gasteiger charge is -2.21. The Morgan fingerprint density at radius 2 is 2.03 bits per heavy atom. The fourth-order valence-corrected chi connectivity index (χ4v) is 3.58. The van der Waals surface area contributed by atoms with Crippen molar-refractivity contribution in [2.24, 2.45) is 12.0 Å². The number of aromatic nitrogens is 3. The average molecular weight is 556 g/mol. The molecule has 1 unspecified atom stereocenters. The molecule has 1 aromatic carbocycles. The van der Waals surface area contributed by atoms with Crippen molar-refractivity contribution in [2.75, 3.05) is 14.2 Å².